The lowest BCUT2D eigenvalue weighted by molar-refractivity contribution is -0.0788. The van der Waals surface area contributed by atoms with Crippen molar-refractivity contribution in [3.8, 4) is 0 Å². The molecule has 0 amide bonds. The fraction of sp³-hybridized carbons (Fsp3) is 1.00. The maximum atomic E-state index is 5.79. The first-order valence-corrected chi connectivity index (χ1v) is 8.43. The summed E-state index contributed by atoms with van der Waals surface area (Å²) >= 11 is 0. The third kappa shape index (κ3) is 2.15. The van der Waals surface area contributed by atoms with Gasteiger partial charge in [-0.1, -0.05) is 0 Å². The van der Waals surface area contributed by atoms with E-state index >= 15 is 0 Å². The molecule has 2 nitrogen and oxygen atoms in total. The van der Waals surface area contributed by atoms with Gasteiger partial charge in [-0.05, 0) is 81.6 Å². The zero-order valence-corrected chi connectivity index (χ0v) is 12.4. The van der Waals surface area contributed by atoms with Crippen molar-refractivity contribution in [2.24, 2.45) is 28.6 Å². The van der Waals surface area contributed by atoms with Gasteiger partial charge in [0.25, 0.3) is 0 Å². The van der Waals surface area contributed by atoms with Crippen molar-refractivity contribution in [1.82, 2.24) is 5.32 Å². The topological polar surface area (TPSA) is 21.3 Å². The van der Waals surface area contributed by atoms with Crippen molar-refractivity contribution in [1.29, 1.82) is 0 Å². The molecule has 108 valence electrons. The van der Waals surface area contributed by atoms with Gasteiger partial charge in [0.1, 0.15) is 0 Å². The highest BCUT2D eigenvalue weighted by Gasteiger charge is 2.53. The molecule has 1 N–H and O–H groups in total. The van der Waals surface area contributed by atoms with E-state index in [0.29, 0.717) is 10.8 Å². The fourth-order valence-electron chi connectivity index (χ4n) is 6.67. The van der Waals surface area contributed by atoms with Crippen LogP contribution in [0, 0.1) is 28.6 Å². The highest BCUT2D eigenvalue weighted by Crippen LogP contribution is 2.63. The maximum Gasteiger partial charge on any atom is 0.0535 e. The van der Waals surface area contributed by atoms with E-state index in [2.05, 4.69) is 12.4 Å². The van der Waals surface area contributed by atoms with Gasteiger partial charge in [-0.15, -0.1) is 0 Å². The lowest BCUT2D eigenvalue weighted by Gasteiger charge is -2.58. The standard InChI is InChI=1S/C17H29NO/c1-18-11-16(2-3-19-12-16)10-17-7-13-4-14(8-17)6-15(5-13)9-17/h13-15,18H,2-12H2,1H3. The van der Waals surface area contributed by atoms with E-state index in [0.717, 1.165) is 37.5 Å². The Morgan fingerprint density at radius 2 is 1.68 bits per heavy atom. The Morgan fingerprint density at radius 1 is 1.05 bits per heavy atom. The Balaban J connectivity index is 1.55. The van der Waals surface area contributed by atoms with E-state index in [1.807, 2.05) is 0 Å². The zero-order chi connectivity index (χ0) is 12.9. The summed E-state index contributed by atoms with van der Waals surface area (Å²) in [7, 11) is 2.11. The molecule has 4 bridgehead atoms. The van der Waals surface area contributed by atoms with Gasteiger partial charge in [0.15, 0.2) is 0 Å². The van der Waals surface area contributed by atoms with Crippen LogP contribution in [0.4, 0.5) is 0 Å². The third-order valence-corrected chi connectivity index (χ3v) is 6.65. The Morgan fingerprint density at radius 3 is 2.16 bits per heavy atom. The van der Waals surface area contributed by atoms with Crippen LogP contribution in [0.2, 0.25) is 0 Å². The molecule has 1 aliphatic heterocycles. The lowest BCUT2D eigenvalue weighted by atomic mass is 9.47. The predicted molar refractivity (Wildman–Crippen MR) is 77.0 cm³/mol. The molecule has 4 saturated carbocycles. The van der Waals surface area contributed by atoms with Crippen LogP contribution in [0.5, 0.6) is 0 Å². The Kier molecular flexibility index (Phi) is 2.97. The number of rotatable bonds is 4. The van der Waals surface area contributed by atoms with Gasteiger partial charge in [0, 0.05) is 18.6 Å². The molecule has 1 atom stereocenters. The van der Waals surface area contributed by atoms with Crippen LogP contribution < -0.4 is 5.32 Å². The molecular weight excluding hydrogens is 234 g/mol. The van der Waals surface area contributed by atoms with Gasteiger partial charge in [-0.3, -0.25) is 0 Å². The molecule has 5 rings (SSSR count). The van der Waals surface area contributed by atoms with Gasteiger partial charge in [-0.2, -0.15) is 0 Å². The maximum absolute atomic E-state index is 5.79. The summed E-state index contributed by atoms with van der Waals surface area (Å²) in [4.78, 5) is 0. The molecule has 5 aliphatic rings. The quantitative estimate of drug-likeness (QED) is 0.841. The summed E-state index contributed by atoms with van der Waals surface area (Å²) in [6, 6.07) is 0. The van der Waals surface area contributed by atoms with Crippen LogP contribution >= 0.6 is 0 Å². The number of ether oxygens (including phenoxy) is 1. The Labute approximate surface area is 117 Å². The summed E-state index contributed by atoms with van der Waals surface area (Å²) in [5, 5.41) is 3.45. The average molecular weight is 263 g/mol. The van der Waals surface area contributed by atoms with Gasteiger partial charge in [0.05, 0.1) is 6.61 Å². The average Bonchev–Trinajstić information content (AvgIpc) is 2.75. The predicted octanol–water partition coefficient (Wildman–Crippen LogP) is 3.22. The monoisotopic (exact) mass is 263 g/mol. The zero-order valence-electron chi connectivity index (χ0n) is 12.4. The molecule has 1 heterocycles. The minimum absolute atomic E-state index is 0.459. The van der Waals surface area contributed by atoms with E-state index in [1.54, 1.807) is 38.5 Å². The minimum atomic E-state index is 0.459. The van der Waals surface area contributed by atoms with Crippen molar-refractivity contribution in [2.75, 3.05) is 26.8 Å². The fourth-order valence-corrected chi connectivity index (χ4v) is 6.67. The van der Waals surface area contributed by atoms with E-state index < -0.39 is 0 Å². The normalized spacial score (nSPS) is 51.9. The minimum Gasteiger partial charge on any atom is -0.381 e. The smallest absolute Gasteiger partial charge is 0.0535 e. The van der Waals surface area contributed by atoms with E-state index in [9.17, 15) is 0 Å². The van der Waals surface area contributed by atoms with E-state index in [4.69, 9.17) is 4.74 Å². The SMILES string of the molecule is CNCC1(CC23CC4CC(CC(C4)C2)C3)CCOC1. The van der Waals surface area contributed by atoms with Gasteiger partial charge < -0.3 is 10.1 Å². The first-order valence-electron chi connectivity index (χ1n) is 8.43. The van der Waals surface area contributed by atoms with Crippen LogP contribution in [0.1, 0.15) is 51.4 Å². The van der Waals surface area contributed by atoms with Crippen LogP contribution in [0.25, 0.3) is 0 Å². The number of hydrogen-bond donors (Lipinski definition) is 1. The molecule has 0 aromatic carbocycles. The Bertz CT molecular complexity index is 310. The summed E-state index contributed by atoms with van der Waals surface area (Å²) in [5.41, 5.74) is 1.17. The number of nitrogens with one attached hydrogen (secondary N) is 1. The number of hydrogen-bond acceptors (Lipinski definition) is 2. The summed E-state index contributed by atoms with van der Waals surface area (Å²) < 4.78 is 5.79. The highest BCUT2D eigenvalue weighted by atomic mass is 16.5. The molecule has 19 heavy (non-hydrogen) atoms. The molecule has 4 aliphatic carbocycles. The molecule has 0 aromatic rings. The van der Waals surface area contributed by atoms with Crippen LogP contribution in [-0.2, 0) is 4.74 Å². The van der Waals surface area contributed by atoms with Crippen molar-refractivity contribution < 1.29 is 4.74 Å². The highest BCUT2D eigenvalue weighted by molar-refractivity contribution is 5.04. The van der Waals surface area contributed by atoms with E-state index in [1.165, 1.54) is 12.8 Å². The molecule has 2 heteroatoms. The molecular formula is C17H29NO. The molecule has 1 saturated heterocycles. The first kappa shape index (κ1) is 12.6. The van der Waals surface area contributed by atoms with Crippen molar-refractivity contribution >= 4 is 0 Å². The summed E-state index contributed by atoms with van der Waals surface area (Å²) in [6.45, 7) is 3.17. The second-order valence-corrected chi connectivity index (χ2v) is 8.43. The first-order chi connectivity index (χ1) is 9.21. The Hall–Kier alpha value is -0.0800. The third-order valence-electron chi connectivity index (χ3n) is 6.65. The molecule has 5 fully saturated rings. The van der Waals surface area contributed by atoms with Crippen LogP contribution in [0.3, 0.4) is 0 Å². The van der Waals surface area contributed by atoms with Crippen LogP contribution in [-0.4, -0.2) is 26.8 Å². The van der Waals surface area contributed by atoms with Crippen LogP contribution in [0.15, 0.2) is 0 Å². The molecule has 0 radical (unpaired) electrons. The molecule has 1 unspecified atom stereocenters. The van der Waals surface area contributed by atoms with Crippen molar-refractivity contribution in [2.45, 2.75) is 51.4 Å². The lowest BCUT2D eigenvalue weighted by Crippen LogP contribution is -2.49. The molecule has 0 spiro atoms. The summed E-state index contributed by atoms with van der Waals surface area (Å²) in [5.74, 6) is 3.25. The molecule has 0 aromatic heterocycles. The van der Waals surface area contributed by atoms with Gasteiger partial charge >= 0.3 is 0 Å². The van der Waals surface area contributed by atoms with Crippen molar-refractivity contribution in [3.63, 3.8) is 0 Å². The second-order valence-electron chi connectivity index (χ2n) is 8.43. The summed E-state index contributed by atoms with van der Waals surface area (Å²) in [6.07, 6.45) is 12.1. The van der Waals surface area contributed by atoms with E-state index in [-0.39, 0.29) is 0 Å². The largest absolute Gasteiger partial charge is 0.381 e. The second kappa shape index (κ2) is 4.46. The van der Waals surface area contributed by atoms with Gasteiger partial charge in [-0.25, -0.2) is 0 Å². The van der Waals surface area contributed by atoms with Gasteiger partial charge in [0.2, 0.25) is 0 Å². The van der Waals surface area contributed by atoms with Crippen molar-refractivity contribution in [3.05, 3.63) is 0 Å².